The molecular formula is C41H50N8O5. The molecule has 3 saturated heterocycles. The maximum atomic E-state index is 13.7. The van der Waals surface area contributed by atoms with E-state index in [1.165, 1.54) is 0 Å². The summed E-state index contributed by atoms with van der Waals surface area (Å²) in [4.78, 5) is 58.5. The van der Waals surface area contributed by atoms with E-state index in [4.69, 9.17) is 14.5 Å². The second-order valence-corrected chi connectivity index (χ2v) is 14.7. The Bertz CT molecular complexity index is 2030. The minimum Gasteiger partial charge on any atom is -0.347 e. The van der Waals surface area contributed by atoms with Gasteiger partial charge in [-0.2, -0.15) is 0 Å². The van der Waals surface area contributed by atoms with Crippen molar-refractivity contribution in [3.8, 4) is 23.1 Å². The molecule has 7 rings (SSSR count). The number of ether oxygens (including phenoxy) is 2. The fraction of sp³-hybridized carbons (Fsp3) is 0.488. The number of hydrogen-bond donors (Lipinski definition) is 4. The maximum absolute atomic E-state index is 13.7. The Morgan fingerprint density at radius 1 is 0.870 bits per heavy atom. The highest BCUT2D eigenvalue weighted by molar-refractivity contribution is 5.88. The number of aromatic amines is 2. The first kappa shape index (κ1) is 37.3. The Morgan fingerprint density at radius 2 is 1.50 bits per heavy atom. The number of benzene rings is 2. The van der Waals surface area contributed by atoms with E-state index in [1.807, 2.05) is 35.9 Å². The second kappa shape index (κ2) is 16.5. The number of carbonyl (C=O) groups is 3. The Labute approximate surface area is 316 Å². The number of amides is 3. The van der Waals surface area contributed by atoms with Crippen LogP contribution >= 0.6 is 0 Å². The number of likely N-dealkylation sites (tertiary alicyclic amines) is 2. The summed E-state index contributed by atoms with van der Waals surface area (Å²) in [7, 11) is 0. The third-order valence-corrected chi connectivity index (χ3v) is 11.3. The molecular weight excluding hydrogens is 685 g/mol. The average Bonchev–Trinajstić information content (AvgIpc) is 4.01. The fourth-order valence-corrected chi connectivity index (χ4v) is 7.72. The van der Waals surface area contributed by atoms with Crippen LogP contribution in [0.4, 0.5) is 0 Å². The third-order valence-electron chi connectivity index (χ3n) is 11.3. The maximum Gasteiger partial charge on any atom is 0.246 e. The summed E-state index contributed by atoms with van der Waals surface area (Å²) in [6.45, 7) is 9.71. The van der Waals surface area contributed by atoms with E-state index >= 15 is 0 Å². The van der Waals surface area contributed by atoms with Crippen molar-refractivity contribution < 1.29 is 23.9 Å². The Hall–Kier alpha value is -5.03. The van der Waals surface area contributed by atoms with E-state index in [-0.39, 0.29) is 42.5 Å². The van der Waals surface area contributed by atoms with Gasteiger partial charge in [-0.1, -0.05) is 64.7 Å². The van der Waals surface area contributed by atoms with Gasteiger partial charge in [0.1, 0.15) is 23.4 Å². The van der Waals surface area contributed by atoms with Gasteiger partial charge in [-0.05, 0) is 72.4 Å². The molecule has 13 nitrogen and oxygen atoms in total. The predicted molar refractivity (Wildman–Crippen MR) is 203 cm³/mol. The van der Waals surface area contributed by atoms with Gasteiger partial charge in [0.15, 0.2) is 6.79 Å². The Morgan fingerprint density at radius 3 is 2.17 bits per heavy atom. The first-order valence-electron chi connectivity index (χ1n) is 19.2. The topological polar surface area (TPSA) is 158 Å². The molecule has 2 aromatic carbocycles. The number of imidazole rings is 2. The SMILES string of the molecule is CC[C@H](C)[C@H](NC1OCO1)C(=O)N1CCC[C@H]1c1ncc(C#Cc2ccc3cc(-c4cnc([C@@H]5CCCN5C(=O)[C@@H](NC=O)[C@@H](C)CC)[nH]4)ccc3c2)[nH]1. The summed E-state index contributed by atoms with van der Waals surface area (Å²) in [6, 6.07) is 11.1. The molecule has 0 saturated carbocycles. The number of nitrogens with one attached hydrogen (secondary N) is 4. The Kier molecular flexibility index (Phi) is 11.4. The van der Waals surface area contributed by atoms with E-state index < -0.39 is 18.5 Å². The van der Waals surface area contributed by atoms with E-state index in [0.29, 0.717) is 25.2 Å². The van der Waals surface area contributed by atoms with Crippen LogP contribution in [0.15, 0.2) is 48.8 Å². The molecule has 6 atom stereocenters. The van der Waals surface area contributed by atoms with Gasteiger partial charge in [-0.3, -0.25) is 19.7 Å². The Balaban J connectivity index is 1.02. The lowest BCUT2D eigenvalue weighted by Crippen LogP contribution is -2.56. The fourth-order valence-electron chi connectivity index (χ4n) is 7.72. The second-order valence-electron chi connectivity index (χ2n) is 14.7. The first-order valence-corrected chi connectivity index (χ1v) is 19.2. The highest BCUT2D eigenvalue weighted by atomic mass is 16.9. The van der Waals surface area contributed by atoms with Gasteiger partial charge in [0.25, 0.3) is 0 Å². The van der Waals surface area contributed by atoms with Crippen LogP contribution < -0.4 is 10.6 Å². The lowest BCUT2D eigenvalue weighted by atomic mass is 9.97. The summed E-state index contributed by atoms with van der Waals surface area (Å²) >= 11 is 0. The van der Waals surface area contributed by atoms with Gasteiger partial charge in [-0.25, -0.2) is 9.97 Å². The van der Waals surface area contributed by atoms with Crippen molar-refractivity contribution in [2.45, 2.75) is 96.8 Å². The van der Waals surface area contributed by atoms with Crippen molar-refractivity contribution in [3.63, 3.8) is 0 Å². The van der Waals surface area contributed by atoms with Crippen LogP contribution in [0.5, 0.6) is 0 Å². The molecule has 54 heavy (non-hydrogen) atoms. The van der Waals surface area contributed by atoms with E-state index in [0.717, 1.165) is 77.8 Å². The van der Waals surface area contributed by atoms with E-state index in [9.17, 15) is 14.4 Å². The van der Waals surface area contributed by atoms with Crippen LogP contribution in [-0.2, 0) is 23.9 Å². The van der Waals surface area contributed by atoms with Crippen LogP contribution in [0.2, 0.25) is 0 Å². The predicted octanol–water partition coefficient (Wildman–Crippen LogP) is 5.13. The van der Waals surface area contributed by atoms with Gasteiger partial charge in [0.2, 0.25) is 24.6 Å². The molecule has 4 N–H and O–H groups in total. The van der Waals surface area contributed by atoms with Crippen LogP contribution in [0.1, 0.15) is 101 Å². The summed E-state index contributed by atoms with van der Waals surface area (Å²) in [5, 5.41) is 8.11. The van der Waals surface area contributed by atoms with Crippen molar-refractivity contribution in [2.75, 3.05) is 19.9 Å². The van der Waals surface area contributed by atoms with E-state index in [1.54, 1.807) is 6.20 Å². The number of carbonyl (C=O) groups excluding carboxylic acids is 3. The molecule has 0 radical (unpaired) electrons. The smallest absolute Gasteiger partial charge is 0.246 e. The van der Waals surface area contributed by atoms with Crippen LogP contribution in [0.25, 0.3) is 22.0 Å². The average molecular weight is 735 g/mol. The van der Waals surface area contributed by atoms with Crippen molar-refractivity contribution in [3.05, 3.63) is 71.7 Å². The standard InChI is InChI=1S/C41H50N8O5/c1-5-25(3)35(44-23-50)39(51)48-17-8-10-34(48)38-43-22-32(46-38)30-15-14-28-19-27(11-13-29(28)20-30)12-16-31-21-42-37(45-31)33-9-7-18-49(33)40(52)36(26(4)6-2)47-41-53-24-54-41/h11,13-15,19-23,25-26,33-36,41,47H,5-10,17-18,24H2,1-4H3,(H,42,45)(H,43,46)(H,44,50)/t25-,26-,33-,34-,35-,36-/m0/s1. The summed E-state index contributed by atoms with van der Waals surface area (Å²) < 4.78 is 10.8. The molecule has 0 spiro atoms. The molecule has 2 aromatic heterocycles. The van der Waals surface area contributed by atoms with Crippen molar-refractivity contribution in [1.29, 1.82) is 0 Å². The molecule has 4 aromatic rings. The zero-order valence-corrected chi connectivity index (χ0v) is 31.4. The number of hydrogen-bond acceptors (Lipinski definition) is 8. The highest BCUT2D eigenvalue weighted by Crippen LogP contribution is 2.34. The molecule has 13 heteroatoms. The van der Waals surface area contributed by atoms with Crippen molar-refractivity contribution in [2.24, 2.45) is 11.8 Å². The number of fused-ring (bicyclic) bond motifs is 1. The number of nitrogens with zero attached hydrogens (tertiary/aromatic N) is 4. The van der Waals surface area contributed by atoms with E-state index in [2.05, 4.69) is 81.6 Å². The van der Waals surface area contributed by atoms with Crippen LogP contribution in [0.3, 0.4) is 0 Å². The lowest BCUT2D eigenvalue weighted by molar-refractivity contribution is -0.335. The van der Waals surface area contributed by atoms with Gasteiger partial charge in [-0.15, -0.1) is 0 Å². The summed E-state index contributed by atoms with van der Waals surface area (Å²) in [5.74, 6) is 8.13. The molecule has 3 aliphatic heterocycles. The van der Waals surface area contributed by atoms with Gasteiger partial charge >= 0.3 is 0 Å². The molecule has 3 fully saturated rings. The number of H-pyrrole nitrogens is 2. The minimum atomic E-state index is -0.547. The largest absolute Gasteiger partial charge is 0.347 e. The zero-order valence-electron chi connectivity index (χ0n) is 31.4. The summed E-state index contributed by atoms with van der Waals surface area (Å²) in [6.07, 6.45) is 8.72. The van der Waals surface area contributed by atoms with Crippen LogP contribution in [-0.4, -0.2) is 86.3 Å². The highest BCUT2D eigenvalue weighted by Gasteiger charge is 2.39. The molecule has 284 valence electrons. The summed E-state index contributed by atoms with van der Waals surface area (Å²) in [5.41, 5.74) is 3.45. The molecule has 3 aliphatic rings. The molecule has 0 aliphatic carbocycles. The van der Waals surface area contributed by atoms with Gasteiger partial charge < -0.3 is 34.6 Å². The molecule has 3 amide bonds. The minimum absolute atomic E-state index is 0.0322. The lowest BCUT2D eigenvalue weighted by Gasteiger charge is -2.36. The molecule has 0 unspecified atom stereocenters. The monoisotopic (exact) mass is 734 g/mol. The molecule has 0 bridgehead atoms. The zero-order chi connectivity index (χ0) is 37.8. The van der Waals surface area contributed by atoms with Crippen molar-refractivity contribution in [1.82, 2.24) is 40.4 Å². The molecule has 5 heterocycles. The van der Waals surface area contributed by atoms with Crippen molar-refractivity contribution >= 4 is 29.0 Å². The van der Waals surface area contributed by atoms with Gasteiger partial charge in [0, 0.05) is 24.2 Å². The third kappa shape index (κ3) is 7.78. The van der Waals surface area contributed by atoms with Crippen LogP contribution in [0, 0.1) is 23.7 Å². The normalized spacial score (nSPS) is 20.9. The van der Waals surface area contributed by atoms with Gasteiger partial charge in [0.05, 0.1) is 36.2 Å². The first-order chi connectivity index (χ1) is 26.3. The quantitative estimate of drug-likeness (QED) is 0.109. The number of aromatic nitrogens is 4. The number of rotatable bonds is 13.